The van der Waals surface area contributed by atoms with E-state index in [0.29, 0.717) is 22.8 Å². The molecule has 0 bridgehead atoms. The van der Waals surface area contributed by atoms with Crippen molar-refractivity contribution in [1.29, 1.82) is 0 Å². The summed E-state index contributed by atoms with van der Waals surface area (Å²) in [5, 5.41) is 2.97. The summed E-state index contributed by atoms with van der Waals surface area (Å²) in [7, 11) is 0. The first-order valence-electron chi connectivity index (χ1n) is 10.2. The number of carbonyl (C=O) groups is 1. The van der Waals surface area contributed by atoms with Crippen molar-refractivity contribution in [2.75, 3.05) is 6.61 Å². The van der Waals surface area contributed by atoms with Gasteiger partial charge in [0.15, 0.2) is 6.61 Å². The molecule has 0 saturated carbocycles. The Hall–Kier alpha value is -4.38. The van der Waals surface area contributed by atoms with Gasteiger partial charge in [-0.15, -0.1) is 0 Å². The summed E-state index contributed by atoms with van der Waals surface area (Å²) in [6.45, 7) is 3.80. The molecule has 0 aliphatic rings. The average molecular weight is 420 g/mol. The Balaban J connectivity index is 1.35. The molecule has 5 nitrogen and oxygen atoms in total. The molecule has 0 atom stereocenters. The molecule has 5 aromatic rings. The second-order valence-electron chi connectivity index (χ2n) is 7.35. The molecule has 0 aliphatic carbocycles. The molecule has 0 amide bonds. The molecule has 0 fully saturated rings. The fraction of sp³-hybridized carbons (Fsp3) is 0.0370. The zero-order valence-electron chi connectivity index (χ0n) is 17.2. The number of benzene rings is 3. The predicted octanol–water partition coefficient (Wildman–Crippen LogP) is 6.41. The molecular weight excluding hydrogens is 400 g/mol. The summed E-state index contributed by atoms with van der Waals surface area (Å²) in [5.41, 5.74) is 2.24. The average Bonchev–Trinajstić information content (AvgIpc) is 3.26. The summed E-state index contributed by atoms with van der Waals surface area (Å²) in [4.78, 5) is 20.1. The van der Waals surface area contributed by atoms with Crippen LogP contribution in [0.2, 0.25) is 0 Å². The van der Waals surface area contributed by atoms with Crippen molar-refractivity contribution >= 4 is 33.5 Å². The lowest BCUT2D eigenvalue weighted by Gasteiger charge is -2.10. The van der Waals surface area contributed by atoms with Crippen molar-refractivity contribution in [2.24, 2.45) is 0 Å². The second kappa shape index (κ2) is 8.40. The minimum absolute atomic E-state index is 0.0694. The molecule has 0 unspecified atom stereocenters. The molecule has 0 aliphatic heterocycles. The molecule has 5 rings (SSSR count). The van der Waals surface area contributed by atoms with E-state index in [9.17, 15) is 4.79 Å². The molecule has 5 heteroatoms. The third kappa shape index (κ3) is 3.84. The standard InChI is InChI=1S/C27H20N2O3/c1-2-18-12-19-6-3-4-7-20(19)13-27(18)31-17-26(30)24-16-29-25-14-21(9-10-23(24)25)32-22-8-5-11-28-15-22/h2-16,29H,1,17H2. The van der Waals surface area contributed by atoms with E-state index in [-0.39, 0.29) is 12.4 Å². The van der Waals surface area contributed by atoms with Crippen LogP contribution in [0.5, 0.6) is 17.2 Å². The Labute approximate surface area is 184 Å². The number of H-pyrrole nitrogens is 1. The van der Waals surface area contributed by atoms with Gasteiger partial charge in [0.05, 0.1) is 6.20 Å². The predicted molar refractivity (Wildman–Crippen MR) is 126 cm³/mol. The maximum absolute atomic E-state index is 12.9. The lowest BCUT2D eigenvalue weighted by atomic mass is 10.1. The molecule has 156 valence electrons. The largest absolute Gasteiger partial charge is 0.485 e. The van der Waals surface area contributed by atoms with Crippen LogP contribution in [0.15, 0.2) is 91.9 Å². The minimum atomic E-state index is -0.111. The number of aromatic nitrogens is 2. The Bertz CT molecular complexity index is 1440. The van der Waals surface area contributed by atoms with Gasteiger partial charge in [0.25, 0.3) is 0 Å². The van der Waals surface area contributed by atoms with Gasteiger partial charge in [-0.05, 0) is 47.2 Å². The molecule has 0 saturated heterocycles. The summed E-state index contributed by atoms with van der Waals surface area (Å²) < 4.78 is 11.7. The Kier molecular flexibility index (Phi) is 5.14. The van der Waals surface area contributed by atoms with Crippen LogP contribution in [0.1, 0.15) is 15.9 Å². The van der Waals surface area contributed by atoms with Crippen LogP contribution >= 0.6 is 0 Å². The molecule has 2 heterocycles. The first-order chi connectivity index (χ1) is 15.7. The van der Waals surface area contributed by atoms with Gasteiger partial charge in [0, 0.05) is 40.5 Å². The van der Waals surface area contributed by atoms with Crippen molar-refractivity contribution in [1.82, 2.24) is 9.97 Å². The zero-order valence-corrected chi connectivity index (χ0v) is 17.2. The monoisotopic (exact) mass is 420 g/mol. The Morgan fingerprint density at radius 2 is 1.84 bits per heavy atom. The summed E-state index contributed by atoms with van der Waals surface area (Å²) in [6.07, 6.45) is 6.78. The number of pyridine rings is 1. The van der Waals surface area contributed by atoms with Gasteiger partial charge in [-0.3, -0.25) is 9.78 Å². The number of fused-ring (bicyclic) bond motifs is 2. The van der Waals surface area contributed by atoms with Crippen LogP contribution < -0.4 is 9.47 Å². The molecule has 2 aromatic heterocycles. The number of carbonyl (C=O) groups excluding carboxylic acids is 1. The highest BCUT2D eigenvalue weighted by molar-refractivity contribution is 6.08. The van der Waals surface area contributed by atoms with Gasteiger partial charge in [0.1, 0.15) is 17.2 Å². The second-order valence-corrected chi connectivity index (χ2v) is 7.35. The number of rotatable bonds is 7. The lowest BCUT2D eigenvalue weighted by molar-refractivity contribution is 0.0923. The topological polar surface area (TPSA) is 64.2 Å². The maximum Gasteiger partial charge on any atom is 0.202 e. The molecule has 3 aromatic carbocycles. The fourth-order valence-corrected chi connectivity index (χ4v) is 3.69. The number of hydrogen-bond donors (Lipinski definition) is 1. The Morgan fingerprint density at radius 3 is 2.62 bits per heavy atom. The van der Waals surface area contributed by atoms with Gasteiger partial charge in [0.2, 0.25) is 5.78 Å². The van der Waals surface area contributed by atoms with E-state index in [1.54, 1.807) is 24.7 Å². The van der Waals surface area contributed by atoms with E-state index in [2.05, 4.69) is 16.5 Å². The summed E-state index contributed by atoms with van der Waals surface area (Å²) >= 11 is 0. The van der Waals surface area contributed by atoms with Gasteiger partial charge in [-0.25, -0.2) is 0 Å². The lowest BCUT2D eigenvalue weighted by Crippen LogP contribution is -2.11. The molecule has 0 spiro atoms. The highest BCUT2D eigenvalue weighted by atomic mass is 16.5. The Morgan fingerprint density at radius 1 is 1.00 bits per heavy atom. The van der Waals surface area contributed by atoms with Crippen molar-refractivity contribution in [3.8, 4) is 17.2 Å². The van der Waals surface area contributed by atoms with Crippen molar-refractivity contribution < 1.29 is 14.3 Å². The van der Waals surface area contributed by atoms with E-state index in [1.807, 2.05) is 66.7 Å². The zero-order chi connectivity index (χ0) is 21.9. The highest BCUT2D eigenvalue weighted by Crippen LogP contribution is 2.29. The molecule has 32 heavy (non-hydrogen) atoms. The fourth-order valence-electron chi connectivity index (χ4n) is 3.69. The third-order valence-electron chi connectivity index (χ3n) is 5.28. The van der Waals surface area contributed by atoms with Gasteiger partial charge in [-0.2, -0.15) is 0 Å². The van der Waals surface area contributed by atoms with Gasteiger partial charge < -0.3 is 14.5 Å². The van der Waals surface area contributed by atoms with E-state index >= 15 is 0 Å². The number of hydrogen-bond acceptors (Lipinski definition) is 4. The van der Waals surface area contributed by atoms with Gasteiger partial charge in [-0.1, -0.05) is 36.9 Å². The third-order valence-corrected chi connectivity index (χ3v) is 5.28. The smallest absolute Gasteiger partial charge is 0.202 e. The van der Waals surface area contributed by atoms with Crippen LogP contribution in [0.4, 0.5) is 0 Å². The van der Waals surface area contributed by atoms with Crippen LogP contribution in [0.3, 0.4) is 0 Å². The molecular formula is C27H20N2O3. The number of nitrogens with zero attached hydrogens (tertiary/aromatic N) is 1. The number of ketones is 1. The van der Waals surface area contributed by atoms with E-state index in [1.165, 1.54) is 0 Å². The van der Waals surface area contributed by atoms with Crippen LogP contribution in [0.25, 0.3) is 27.8 Å². The van der Waals surface area contributed by atoms with Crippen molar-refractivity contribution in [3.05, 3.63) is 103 Å². The number of ether oxygens (including phenoxy) is 2. The number of nitrogens with one attached hydrogen (secondary N) is 1. The normalized spacial score (nSPS) is 10.9. The maximum atomic E-state index is 12.9. The molecule has 1 N–H and O–H groups in total. The quantitative estimate of drug-likeness (QED) is 0.309. The minimum Gasteiger partial charge on any atom is -0.485 e. The van der Waals surface area contributed by atoms with Crippen molar-refractivity contribution in [2.45, 2.75) is 0 Å². The first kappa shape index (κ1) is 19.6. The summed E-state index contributed by atoms with van der Waals surface area (Å²) in [6, 6.07) is 21.2. The van der Waals surface area contributed by atoms with E-state index in [4.69, 9.17) is 9.47 Å². The van der Waals surface area contributed by atoms with Crippen LogP contribution in [-0.4, -0.2) is 22.4 Å². The van der Waals surface area contributed by atoms with Crippen LogP contribution in [0, 0.1) is 0 Å². The summed E-state index contributed by atoms with van der Waals surface area (Å²) in [5.74, 6) is 1.84. The first-order valence-corrected chi connectivity index (χ1v) is 10.2. The van der Waals surface area contributed by atoms with Gasteiger partial charge >= 0.3 is 0 Å². The highest BCUT2D eigenvalue weighted by Gasteiger charge is 2.15. The van der Waals surface area contributed by atoms with E-state index in [0.717, 1.165) is 27.2 Å². The van der Waals surface area contributed by atoms with E-state index < -0.39 is 0 Å². The van der Waals surface area contributed by atoms with Crippen LogP contribution in [-0.2, 0) is 0 Å². The number of Topliss-reactive ketones (excluding diaryl/α,β-unsaturated/α-hetero) is 1. The molecule has 0 radical (unpaired) electrons. The number of aromatic amines is 1. The van der Waals surface area contributed by atoms with Crippen molar-refractivity contribution in [3.63, 3.8) is 0 Å². The SMILES string of the molecule is C=Cc1cc2ccccc2cc1OCC(=O)c1c[nH]c2cc(Oc3cccnc3)ccc12.